The molecule has 142 valence electrons. The Bertz CT molecular complexity index is 759. The number of amides is 1. The lowest BCUT2D eigenvalue weighted by molar-refractivity contribution is 0.0487. The molecule has 1 saturated carbocycles. The monoisotopic (exact) mass is 364 g/mol. The maximum absolute atomic E-state index is 13.0. The van der Waals surface area contributed by atoms with Gasteiger partial charge in [-0.05, 0) is 68.6 Å². The highest BCUT2D eigenvalue weighted by Crippen LogP contribution is 2.39. The number of benzene rings is 2. The van der Waals surface area contributed by atoms with Gasteiger partial charge in [-0.3, -0.25) is 4.79 Å². The molecule has 3 atom stereocenters. The van der Waals surface area contributed by atoms with Crippen molar-refractivity contribution in [1.29, 1.82) is 0 Å². The molecular formula is C23H28N2O2. The van der Waals surface area contributed by atoms with Gasteiger partial charge in [0.1, 0.15) is 12.4 Å². The summed E-state index contributed by atoms with van der Waals surface area (Å²) in [5.74, 6) is 2.25. The van der Waals surface area contributed by atoms with Crippen LogP contribution in [0.2, 0.25) is 0 Å². The van der Waals surface area contributed by atoms with Crippen molar-refractivity contribution in [3.8, 4) is 5.75 Å². The molecule has 2 aromatic carbocycles. The van der Waals surface area contributed by atoms with Gasteiger partial charge in [-0.1, -0.05) is 30.3 Å². The Morgan fingerprint density at radius 1 is 1.00 bits per heavy atom. The molecule has 2 aliphatic rings. The molecule has 2 aromatic rings. The molecule has 4 heteroatoms. The minimum atomic E-state index is 0.166. The smallest absolute Gasteiger partial charge is 0.253 e. The highest BCUT2D eigenvalue weighted by atomic mass is 16.5. The minimum Gasteiger partial charge on any atom is -0.489 e. The fourth-order valence-electron chi connectivity index (χ4n) is 4.81. The quantitative estimate of drug-likeness (QED) is 0.811. The fourth-order valence-corrected chi connectivity index (χ4v) is 4.81. The van der Waals surface area contributed by atoms with Gasteiger partial charge in [0.25, 0.3) is 5.91 Å². The van der Waals surface area contributed by atoms with Crippen LogP contribution in [0.3, 0.4) is 0 Å². The van der Waals surface area contributed by atoms with Crippen LogP contribution in [0.1, 0.15) is 28.8 Å². The molecule has 1 amide bonds. The number of hydrogen-bond acceptors (Lipinski definition) is 3. The Balaban J connectivity index is 1.37. The van der Waals surface area contributed by atoms with Crippen molar-refractivity contribution in [3.63, 3.8) is 0 Å². The van der Waals surface area contributed by atoms with E-state index in [0.29, 0.717) is 24.5 Å². The van der Waals surface area contributed by atoms with E-state index in [1.165, 1.54) is 12.8 Å². The third-order valence-electron chi connectivity index (χ3n) is 6.02. The van der Waals surface area contributed by atoms with E-state index in [0.717, 1.165) is 30.0 Å². The first-order valence-electron chi connectivity index (χ1n) is 9.84. The van der Waals surface area contributed by atoms with E-state index in [4.69, 9.17) is 4.74 Å². The molecule has 1 saturated heterocycles. The molecule has 27 heavy (non-hydrogen) atoms. The molecule has 2 fully saturated rings. The Hall–Kier alpha value is -2.33. The van der Waals surface area contributed by atoms with Gasteiger partial charge in [-0.2, -0.15) is 0 Å². The predicted molar refractivity (Wildman–Crippen MR) is 107 cm³/mol. The third-order valence-corrected chi connectivity index (χ3v) is 6.02. The predicted octanol–water partition coefficient (Wildman–Crippen LogP) is 3.68. The van der Waals surface area contributed by atoms with Gasteiger partial charge in [0.2, 0.25) is 0 Å². The van der Waals surface area contributed by atoms with Crippen LogP contribution in [-0.2, 0) is 6.61 Å². The van der Waals surface area contributed by atoms with Gasteiger partial charge in [-0.15, -0.1) is 0 Å². The molecule has 4 rings (SSSR count). The summed E-state index contributed by atoms with van der Waals surface area (Å²) in [7, 11) is 4.34. The number of para-hydroxylation sites is 1. The van der Waals surface area contributed by atoms with Crippen LogP contribution in [-0.4, -0.2) is 48.9 Å². The summed E-state index contributed by atoms with van der Waals surface area (Å²) >= 11 is 0. The summed E-state index contributed by atoms with van der Waals surface area (Å²) in [4.78, 5) is 17.4. The number of carbonyl (C=O) groups is 1. The summed E-state index contributed by atoms with van der Waals surface area (Å²) < 4.78 is 5.78. The summed E-state index contributed by atoms with van der Waals surface area (Å²) in [6.07, 6.45) is 2.49. The molecular weight excluding hydrogens is 336 g/mol. The topological polar surface area (TPSA) is 32.8 Å². The second-order valence-corrected chi connectivity index (χ2v) is 8.06. The average molecular weight is 364 g/mol. The Labute approximate surface area is 161 Å². The zero-order chi connectivity index (χ0) is 18.8. The molecule has 0 aromatic heterocycles. The number of hydrogen-bond donors (Lipinski definition) is 0. The van der Waals surface area contributed by atoms with Crippen LogP contribution in [0, 0.1) is 11.8 Å². The number of likely N-dealkylation sites (tertiary alicyclic amines) is 1. The Morgan fingerprint density at radius 3 is 2.22 bits per heavy atom. The maximum Gasteiger partial charge on any atom is 0.253 e. The zero-order valence-corrected chi connectivity index (χ0v) is 16.2. The van der Waals surface area contributed by atoms with Crippen LogP contribution in [0.4, 0.5) is 0 Å². The second-order valence-electron chi connectivity index (χ2n) is 8.06. The van der Waals surface area contributed by atoms with Crippen molar-refractivity contribution in [1.82, 2.24) is 9.80 Å². The molecule has 0 spiro atoms. The first-order chi connectivity index (χ1) is 13.1. The van der Waals surface area contributed by atoms with Crippen molar-refractivity contribution >= 4 is 5.91 Å². The molecule has 4 nitrogen and oxygen atoms in total. The van der Waals surface area contributed by atoms with E-state index < -0.39 is 0 Å². The van der Waals surface area contributed by atoms with Crippen molar-refractivity contribution in [3.05, 3.63) is 65.7 Å². The minimum absolute atomic E-state index is 0.166. The molecule has 1 aliphatic carbocycles. The van der Waals surface area contributed by atoms with E-state index in [1.807, 2.05) is 54.6 Å². The number of nitrogens with zero attached hydrogens (tertiary/aromatic N) is 2. The number of ether oxygens (including phenoxy) is 1. The van der Waals surface area contributed by atoms with E-state index >= 15 is 0 Å². The van der Waals surface area contributed by atoms with Crippen molar-refractivity contribution in [2.75, 3.05) is 27.2 Å². The second kappa shape index (κ2) is 7.73. The average Bonchev–Trinajstić information content (AvgIpc) is 2.97. The van der Waals surface area contributed by atoms with Crippen LogP contribution < -0.4 is 4.74 Å². The summed E-state index contributed by atoms with van der Waals surface area (Å²) in [5.41, 5.74) is 1.85. The highest BCUT2D eigenvalue weighted by Gasteiger charge is 2.44. The summed E-state index contributed by atoms with van der Waals surface area (Å²) in [6.45, 7) is 2.28. The largest absolute Gasteiger partial charge is 0.489 e. The zero-order valence-electron chi connectivity index (χ0n) is 16.2. The number of rotatable bonds is 5. The first kappa shape index (κ1) is 18.1. The lowest BCUT2D eigenvalue weighted by Gasteiger charge is -2.41. The summed E-state index contributed by atoms with van der Waals surface area (Å²) in [6, 6.07) is 18.3. The van der Waals surface area contributed by atoms with Crippen LogP contribution >= 0.6 is 0 Å². The van der Waals surface area contributed by atoms with Gasteiger partial charge in [0.05, 0.1) is 0 Å². The fraction of sp³-hybridized carbons (Fsp3) is 0.435. The van der Waals surface area contributed by atoms with Crippen LogP contribution in [0.5, 0.6) is 5.75 Å². The molecule has 1 unspecified atom stereocenters. The normalized spacial score (nSPS) is 24.3. The molecule has 0 radical (unpaired) electrons. The van der Waals surface area contributed by atoms with Gasteiger partial charge in [0.15, 0.2) is 0 Å². The van der Waals surface area contributed by atoms with Crippen molar-refractivity contribution in [2.45, 2.75) is 25.5 Å². The number of piperidine rings is 1. The molecule has 1 heterocycles. The number of fused-ring (bicyclic) bond motifs is 2. The lowest BCUT2D eigenvalue weighted by atomic mass is 9.91. The van der Waals surface area contributed by atoms with Gasteiger partial charge < -0.3 is 14.5 Å². The third kappa shape index (κ3) is 3.86. The number of carbonyl (C=O) groups excluding carboxylic acids is 1. The van der Waals surface area contributed by atoms with Crippen molar-refractivity contribution < 1.29 is 9.53 Å². The van der Waals surface area contributed by atoms with E-state index in [2.05, 4.69) is 23.9 Å². The van der Waals surface area contributed by atoms with Crippen molar-refractivity contribution in [2.24, 2.45) is 11.8 Å². The van der Waals surface area contributed by atoms with Crippen LogP contribution in [0.25, 0.3) is 0 Å². The maximum atomic E-state index is 13.0. The van der Waals surface area contributed by atoms with Gasteiger partial charge in [0, 0.05) is 24.7 Å². The molecule has 0 N–H and O–H groups in total. The SMILES string of the molecule is CN(C)C1[C@@H]2CC[C@H]1CN(C(=O)c1ccc(COc3ccccc3)cc1)C2. The molecule has 2 bridgehead atoms. The first-order valence-corrected chi connectivity index (χ1v) is 9.84. The summed E-state index contributed by atoms with van der Waals surface area (Å²) in [5, 5.41) is 0. The van der Waals surface area contributed by atoms with Crippen LogP contribution in [0.15, 0.2) is 54.6 Å². The Morgan fingerprint density at radius 2 is 1.63 bits per heavy atom. The Kier molecular flexibility index (Phi) is 5.17. The standard InChI is InChI=1S/C23H28N2O2/c1-24(2)22-19-12-13-20(22)15-25(14-19)23(26)18-10-8-17(9-11-18)16-27-21-6-4-3-5-7-21/h3-11,19-20,22H,12-16H2,1-2H3/t19-,20+,22?. The van der Waals surface area contributed by atoms with E-state index in [-0.39, 0.29) is 5.91 Å². The highest BCUT2D eigenvalue weighted by molar-refractivity contribution is 5.94. The molecule has 1 aliphatic heterocycles. The lowest BCUT2D eigenvalue weighted by Crippen LogP contribution is -2.52. The van der Waals surface area contributed by atoms with Gasteiger partial charge in [-0.25, -0.2) is 0 Å². The van der Waals surface area contributed by atoms with Gasteiger partial charge >= 0.3 is 0 Å². The van der Waals surface area contributed by atoms with E-state index in [1.54, 1.807) is 0 Å². The van der Waals surface area contributed by atoms with E-state index in [9.17, 15) is 4.79 Å².